The van der Waals surface area contributed by atoms with E-state index in [4.69, 9.17) is 17.3 Å². The molecular weight excluding hydrogens is 296 g/mol. The number of nitrogens with zero attached hydrogens (tertiary/aromatic N) is 3. The van der Waals surface area contributed by atoms with E-state index in [0.29, 0.717) is 5.82 Å². The molecule has 108 valence electrons. The first-order chi connectivity index (χ1) is 9.42. The number of hydrogen-bond donors (Lipinski definition) is 1. The minimum atomic E-state index is -0.396. The summed E-state index contributed by atoms with van der Waals surface area (Å²) in [6.45, 7) is 6.16. The van der Waals surface area contributed by atoms with Crippen LogP contribution in [-0.4, -0.2) is 28.5 Å². The molecule has 7 heteroatoms. The Morgan fingerprint density at radius 3 is 2.75 bits per heavy atom. The summed E-state index contributed by atoms with van der Waals surface area (Å²) in [5, 5.41) is 1.11. The van der Waals surface area contributed by atoms with Gasteiger partial charge >= 0.3 is 0 Å². The van der Waals surface area contributed by atoms with Gasteiger partial charge in [-0.15, -0.1) is 11.3 Å². The third-order valence-electron chi connectivity index (χ3n) is 2.97. The molecule has 0 unspecified atom stereocenters. The zero-order valence-electron chi connectivity index (χ0n) is 11.7. The molecule has 2 N–H and O–H groups in total. The Morgan fingerprint density at radius 2 is 2.20 bits per heavy atom. The number of anilines is 1. The first-order valence-corrected chi connectivity index (χ1v) is 7.62. The molecule has 2 rings (SSSR count). The number of rotatable bonds is 5. The van der Waals surface area contributed by atoms with Gasteiger partial charge in [-0.1, -0.05) is 6.92 Å². The second kappa shape index (κ2) is 5.93. The van der Waals surface area contributed by atoms with Gasteiger partial charge in [0.25, 0.3) is 0 Å². The van der Waals surface area contributed by atoms with E-state index in [1.165, 1.54) is 4.88 Å². The lowest BCUT2D eigenvalue weighted by atomic mass is 10.2. The second-order valence-electron chi connectivity index (χ2n) is 4.79. The Hall–Kier alpha value is -1.40. The van der Waals surface area contributed by atoms with Gasteiger partial charge in [-0.25, -0.2) is 4.98 Å². The van der Waals surface area contributed by atoms with E-state index < -0.39 is 5.91 Å². The van der Waals surface area contributed by atoms with Crippen LogP contribution in [0.5, 0.6) is 0 Å². The molecule has 2 aromatic rings. The topological polar surface area (TPSA) is 72.1 Å². The van der Waals surface area contributed by atoms with Gasteiger partial charge in [-0.2, -0.15) is 4.98 Å². The number of aromatic nitrogens is 2. The van der Waals surface area contributed by atoms with Gasteiger partial charge in [0.15, 0.2) is 0 Å². The van der Waals surface area contributed by atoms with Gasteiger partial charge < -0.3 is 10.6 Å². The molecular formula is C13H17ClN4OS. The molecule has 0 fully saturated rings. The number of thiophene rings is 1. The number of fused-ring (bicyclic) bond motifs is 1. The van der Waals surface area contributed by atoms with E-state index >= 15 is 0 Å². The molecule has 0 aliphatic rings. The minimum Gasteiger partial charge on any atom is -0.368 e. The molecule has 0 aliphatic carbocycles. The zero-order chi connectivity index (χ0) is 14.9. The summed E-state index contributed by atoms with van der Waals surface area (Å²) < 4.78 is 0. The predicted molar refractivity (Wildman–Crippen MR) is 83.5 cm³/mol. The highest BCUT2D eigenvalue weighted by molar-refractivity contribution is 7.18. The molecule has 0 aromatic carbocycles. The molecule has 0 saturated carbocycles. The SMILES string of the molecule is CCc1cc2c(N(CC(N)=O)C(C)C)nc(Cl)nc2s1. The van der Waals surface area contributed by atoms with Crippen molar-refractivity contribution in [3.05, 3.63) is 16.2 Å². The molecule has 5 nitrogen and oxygen atoms in total. The highest BCUT2D eigenvalue weighted by Crippen LogP contribution is 2.33. The fourth-order valence-electron chi connectivity index (χ4n) is 1.99. The van der Waals surface area contributed by atoms with Crippen LogP contribution in [0.3, 0.4) is 0 Å². The number of halogens is 1. The Kier molecular flexibility index (Phi) is 4.45. The number of aryl methyl sites for hydroxylation is 1. The van der Waals surface area contributed by atoms with Gasteiger partial charge in [0.1, 0.15) is 10.6 Å². The summed E-state index contributed by atoms with van der Waals surface area (Å²) in [4.78, 5) is 23.7. The maximum absolute atomic E-state index is 11.3. The number of hydrogen-bond acceptors (Lipinski definition) is 5. The van der Waals surface area contributed by atoms with Gasteiger partial charge in [-0.05, 0) is 37.9 Å². The van der Waals surface area contributed by atoms with Crippen molar-refractivity contribution in [2.24, 2.45) is 5.73 Å². The van der Waals surface area contributed by atoms with E-state index in [-0.39, 0.29) is 17.9 Å². The van der Waals surface area contributed by atoms with E-state index in [2.05, 4.69) is 23.0 Å². The fraction of sp³-hybridized carbons (Fsp3) is 0.462. The molecule has 20 heavy (non-hydrogen) atoms. The van der Waals surface area contributed by atoms with E-state index in [9.17, 15) is 4.79 Å². The quantitative estimate of drug-likeness (QED) is 0.861. The van der Waals surface area contributed by atoms with Gasteiger partial charge in [-0.3, -0.25) is 4.79 Å². The van der Waals surface area contributed by atoms with Crippen molar-refractivity contribution in [2.45, 2.75) is 33.2 Å². The highest BCUT2D eigenvalue weighted by atomic mass is 35.5. The lowest BCUT2D eigenvalue weighted by Crippen LogP contribution is -2.39. The smallest absolute Gasteiger partial charge is 0.237 e. The summed E-state index contributed by atoms with van der Waals surface area (Å²) in [5.74, 6) is 0.275. The zero-order valence-corrected chi connectivity index (χ0v) is 13.3. The first-order valence-electron chi connectivity index (χ1n) is 6.43. The standard InChI is InChI=1S/C13H17ClN4OS/c1-4-8-5-9-11(16-13(14)17-12(9)20-8)18(7(2)3)6-10(15)19/h5,7H,4,6H2,1-3H3,(H2,15,19). The minimum absolute atomic E-state index is 0.0849. The number of amides is 1. The van der Waals surface area contributed by atoms with E-state index in [1.54, 1.807) is 11.3 Å². The average Bonchev–Trinajstić information content (AvgIpc) is 2.77. The predicted octanol–water partition coefficient (Wildman–Crippen LogP) is 2.61. The van der Waals surface area contributed by atoms with Crippen molar-refractivity contribution in [3.8, 4) is 0 Å². The number of nitrogens with two attached hydrogens (primary N) is 1. The Morgan fingerprint density at radius 1 is 1.50 bits per heavy atom. The number of carbonyl (C=O) groups is 1. The third kappa shape index (κ3) is 3.02. The van der Waals surface area contributed by atoms with Crippen molar-refractivity contribution in [3.63, 3.8) is 0 Å². The van der Waals surface area contributed by atoms with Crippen LogP contribution in [0.2, 0.25) is 5.28 Å². The maximum Gasteiger partial charge on any atom is 0.237 e. The summed E-state index contributed by atoms with van der Waals surface area (Å²) in [6.07, 6.45) is 0.926. The summed E-state index contributed by atoms with van der Waals surface area (Å²) >= 11 is 7.60. The van der Waals surface area contributed by atoms with Gasteiger partial charge in [0.05, 0.1) is 11.9 Å². The van der Waals surface area contributed by atoms with Crippen molar-refractivity contribution in [1.29, 1.82) is 0 Å². The van der Waals surface area contributed by atoms with Crippen LogP contribution in [0.25, 0.3) is 10.2 Å². The van der Waals surface area contributed by atoms with Crippen LogP contribution in [0, 0.1) is 0 Å². The van der Waals surface area contributed by atoms with Gasteiger partial charge in [0, 0.05) is 10.9 Å². The van der Waals surface area contributed by atoms with Crippen molar-refractivity contribution in [1.82, 2.24) is 9.97 Å². The maximum atomic E-state index is 11.3. The van der Waals surface area contributed by atoms with Crippen LogP contribution >= 0.6 is 22.9 Å². The second-order valence-corrected chi connectivity index (χ2v) is 6.24. The molecule has 0 spiro atoms. The average molecular weight is 313 g/mol. The molecule has 1 amide bonds. The largest absolute Gasteiger partial charge is 0.368 e. The lowest BCUT2D eigenvalue weighted by Gasteiger charge is -2.26. The summed E-state index contributed by atoms with van der Waals surface area (Å²) in [7, 11) is 0. The Balaban J connectivity index is 2.60. The van der Waals surface area contributed by atoms with Crippen molar-refractivity contribution < 1.29 is 4.79 Å². The van der Waals surface area contributed by atoms with Crippen LogP contribution in [0.15, 0.2) is 6.07 Å². The molecule has 0 atom stereocenters. The van der Waals surface area contributed by atoms with E-state index in [1.807, 2.05) is 18.7 Å². The molecule has 0 aliphatic heterocycles. The lowest BCUT2D eigenvalue weighted by molar-refractivity contribution is -0.116. The van der Waals surface area contributed by atoms with Gasteiger partial charge in [0.2, 0.25) is 11.2 Å². The molecule has 2 aromatic heterocycles. The van der Waals surface area contributed by atoms with Crippen LogP contribution in [0.4, 0.5) is 5.82 Å². The molecule has 0 saturated heterocycles. The summed E-state index contributed by atoms with van der Waals surface area (Å²) in [5.41, 5.74) is 5.33. The first kappa shape index (κ1) is 15.0. The molecule has 2 heterocycles. The van der Waals surface area contributed by atoms with Crippen LogP contribution in [-0.2, 0) is 11.2 Å². The number of carbonyl (C=O) groups excluding carboxylic acids is 1. The Bertz CT molecular complexity index is 641. The molecule has 0 bridgehead atoms. The highest BCUT2D eigenvalue weighted by Gasteiger charge is 2.20. The summed E-state index contributed by atoms with van der Waals surface area (Å²) in [6, 6.07) is 2.14. The fourth-order valence-corrected chi connectivity index (χ4v) is 3.17. The third-order valence-corrected chi connectivity index (χ3v) is 4.31. The normalized spacial score (nSPS) is 11.2. The number of primary amides is 1. The van der Waals surface area contributed by atoms with E-state index in [0.717, 1.165) is 16.6 Å². The molecule has 0 radical (unpaired) electrons. The van der Waals surface area contributed by atoms with Crippen LogP contribution < -0.4 is 10.6 Å². The van der Waals surface area contributed by atoms with Crippen molar-refractivity contribution in [2.75, 3.05) is 11.4 Å². The Labute approximate surface area is 126 Å². The monoisotopic (exact) mass is 312 g/mol. The van der Waals surface area contributed by atoms with Crippen LogP contribution in [0.1, 0.15) is 25.6 Å². The van der Waals surface area contributed by atoms with Crippen molar-refractivity contribution >= 4 is 44.9 Å².